The zero-order chi connectivity index (χ0) is 17.8. The van der Waals surface area contributed by atoms with Gasteiger partial charge in [-0.2, -0.15) is 10.1 Å². The van der Waals surface area contributed by atoms with Crippen molar-refractivity contribution in [1.29, 1.82) is 0 Å². The lowest BCUT2D eigenvalue weighted by Crippen LogP contribution is -2.01. The van der Waals surface area contributed by atoms with E-state index in [4.69, 9.17) is 9.62 Å². The molecule has 0 N–H and O–H groups in total. The Morgan fingerprint density at radius 2 is 2.12 bits per heavy atom. The Kier molecular flexibility index (Phi) is 3.12. The molecule has 0 atom stereocenters. The van der Waals surface area contributed by atoms with E-state index in [1.54, 1.807) is 0 Å². The van der Waals surface area contributed by atoms with Gasteiger partial charge in [-0.25, -0.2) is 4.98 Å². The quantitative estimate of drug-likeness (QED) is 0.491. The molecule has 0 aliphatic carbocycles. The molecule has 26 heavy (non-hydrogen) atoms. The number of imidazole rings is 1. The molecule has 4 heterocycles. The molecule has 7 heteroatoms. The minimum atomic E-state index is 0.539. The number of hydrogen-bond donors (Lipinski definition) is 0. The molecule has 0 fully saturated rings. The first-order chi connectivity index (χ1) is 12.6. The molecule has 3 aromatic heterocycles. The summed E-state index contributed by atoms with van der Waals surface area (Å²) in [4.78, 5) is 9.08. The van der Waals surface area contributed by atoms with Gasteiger partial charge in [0.25, 0.3) is 0 Å². The molecule has 5 rings (SSSR count). The molecule has 0 bridgehead atoms. The fourth-order valence-electron chi connectivity index (χ4n) is 3.56. The molecule has 0 unspecified atom stereocenters. The van der Waals surface area contributed by atoms with Crippen LogP contribution in [-0.4, -0.2) is 29.5 Å². The van der Waals surface area contributed by atoms with Gasteiger partial charge in [0.1, 0.15) is 12.0 Å². The van der Waals surface area contributed by atoms with Crippen LogP contribution < -0.4 is 0 Å². The van der Waals surface area contributed by atoms with Crippen molar-refractivity contribution in [2.45, 2.75) is 26.7 Å². The van der Waals surface area contributed by atoms with Gasteiger partial charge in [0.05, 0.1) is 17.1 Å². The summed E-state index contributed by atoms with van der Waals surface area (Å²) in [5.74, 6) is 1.16. The van der Waals surface area contributed by atoms with Crippen LogP contribution in [0.15, 0.2) is 35.2 Å². The number of fused-ring (bicyclic) bond motifs is 5. The fraction of sp³-hybridized carbons (Fsp3) is 0.263. The van der Waals surface area contributed by atoms with E-state index in [1.165, 1.54) is 11.1 Å². The van der Waals surface area contributed by atoms with Gasteiger partial charge in [-0.05, 0) is 19.1 Å². The SMILES string of the molecule is CCc1nc(-c2ncn3c2Cc2cn(C)nc2-c2cc(C)ccc2-3)no1. The van der Waals surface area contributed by atoms with Crippen LogP contribution in [-0.2, 0) is 19.9 Å². The smallest absolute Gasteiger partial charge is 0.226 e. The van der Waals surface area contributed by atoms with Crippen molar-refractivity contribution >= 4 is 0 Å². The Morgan fingerprint density at radius 1 is 1.23 bits per heavy atom. The van der Waals surface area contributed by atoms with Gasteiger partial charge in [-0.3, -0.25) is 4.68 Å². The lowest BCUT2D eigenvalue weighted by Gasteiger charge is -2.10. The fourth-order valence-corrected chi connectivity index (χ4v) is 3.56. The second-order valence-corrected chi connectivity index (χ2v) is 6.65. The van der Waals surface area contributed by atoms with Gasteiger partial charge in [0.15, 0.2) is 0 Å². The van der Waals surface area contributed by atoms with Crippen LogP contribution in [0.5, 0.6) is 0 Å². The highest BCUT2D eigenvalue weighted by Gasteiger charge is 2.26. The lowest BCUT2D eigenvalue weighted by molar-refractivity contribution is 0.382. The molecule has 1 aliphatic heterocycles. The van der Waals surface area contributed by atoms with Crippen LogP contribution in [0, 0.1) is 6.92 Å². The number of aromatic nitrogens is 6. The van der Waals surface area contributed by atoms with Gasteiger partial charge in [0.2, 0.25) is 11.7 Å². The Morgan fingerprint density at radius 3 is 2.92 bits per heavy atom. The van der Waals surface area contributed by atoms with Crippen molar-refractivity contribution in [1.82, 2.24) is 29.5 Å². The minimum absolute atomic E-state index is 0.539. The number of hydrogen-bond acceptors (Lipinski definition) is 5. The number of benzene rings is 1. The first kappa shape index (κ1) is 15.1. The third kappa shape index (κ3) is 2.13. The molecule has 0 saturated heterocycles. The Hall–Kier alpha value is -3.22. The maximum atomic E-state index is 5.29. The average molecular weight is 346 g/mol. The third-order valence-electron chi connectivity index (χ3n) is 4.78. The van der Waals surface area contributed by atoms with Crippen molar-refractivity contribution in [3.8, 4) is 28.5 Å². The van der Waals surface area contributed by atoms with Crippen molar-refractivity contribution < 1.29 is 4.52 Å². The first-order valence-electron chi connectivity index (χ1n) is 8.67. The van der Waals surface area contributed by atoms with Crippen LogP contribution >= 0.6 is 0 Å². The summed E-state index contributed by atoms with van der Waals surface area (Å²) in [6.45, 7) is 4.09. The summed E-state index contributed by atoms with van der Waals surface area (Å²) in [6.07, 6.45) is 5.33. The molecule has 0 amide bonds. The van der Waals surface area contributed by atoms with E-state index in [0.29, 0.717) is 24.6 Å². The molecule has 0 saturated carbocycles. The minimum Gasteiger partial charge on any atom is -0.339 e. The summed E-state index contributed by atoms with van der Waals surface area (Å²) in [6, 6.07) is 6.41. The zero-order valence-electron chi connectivity index (χ0n) is 14.9. The number of nitrogens with zero attached hydrogens (tertiary/aromatic N) is 6. The third-order valence-corrected chi connectivity index (χ3v) is 4.78. The Balaban J connectivity index is 1.78. The molecule has 0 spiro atoms. The summed E-state index contributed by atoms with van der Waals surface area (Å²) in [7, 11) is 1.95. The largest absolute Gasteiger partial charge is 0.339 e. The van der Waals surface area contributed by atoms with Crippen molar-refractivity contribution in [2.24, 2.45) is 7.05 Å². The normalized spacial score (nSPS) is 12.4. The lowest BCUT2D eigenvalue weighted by atomic mass is 10.0. The van der Waals surface area contributed by atoms with Crippen LogP contribution in [0.1, 0.15) is 29.6 Å². The molecule has 130 valence electrons. The summed E-state index contributed by atoms with van der Waals surface area (Å²) in [5.41, 5.74) is 7.38. The molecule has 7 nitrogen and oxygen atoms in total. The predicted octanol–water partition coefficient (Wildman–Crippen LogP) is 3.10. The van der Waals surface area contributed by atoms with Crippen LogP contribution in [0.2, 0.25) is 0 Å². The maximum absolute atomic E-state index is 5.29. The number of aryl methyl sites for hydroxylation is 3. The predicted molar refractivity (Wildman–Crippen MR) is 96.0 cm³/mol. The summed E-state index contributed by atoms with van der Waals surface area (Å²) >= 11 is 0. The highest BCUT2D eigenvalue weighted by Crippen LogP contribution is 2.37. The van der Waals surface area contributed by atoms with Crippen LogP contribution in [0.4, 0.5) is 0 Å². The monoisotopic (exact) mass is 346 g/mol. The second-order valence-electron chi connectivity index (χ2n) is 6.65. The Labute approximate surface area is 150 Å². The zero-order valence-corrected chi connectivity index (χ0v) is 14.9. The molecular weight excluding hydrogens is 328 g/mol. The van der Waals surface area contributed by atoms with Gasteiger partial charge >= 0.3 is 0 Å². The van der Waals surface area contributed by atoms with Crippen LogP contribution in [0.25, 0.3) is 28.5 Å². The van der Waals surface area contributed by atoms with E-state index < -0.39 is 0 Å². The molecule has 0 radical (unpaired) electrons. The average Bonchev–Trinajstić information content (AvgIpc) is 3.32. The van der Waals surface area contributed by atoms with Gasteiger partial charge in [-0.1, -0.05) is 23.7 Å². The van der Waals surface area contributed by atoms with Gasteiger partial charge in [-0.15, -0.1) is 0 Å². The van der Waals surface area contributed by atoms with Gasteiger partial charge in [0, 0.05) is 37.2 Å². The Bertz CT molecular complexity index is 1130. The van der Waals surface area contributed by atoms with E-state index in [2.05, 4.69) is 51.0 Å². The molecular formula is C19H18N6O. The standard InChI is InChI=1S/C19H18N6O/c1-4-16-21-19(23-26-16)18-15-8-12-9-24(3)22-17(12)13-7-11(2)5-6-14(13)25(15)10-20-18/h5-7,9-10H,4,8H2,1-3H3. The van der Waals surface area contributed by atoms with Gasteiger partial charge < -0.3 is 9.09 Å². The second kappa shape index (κ2) is 5.39. The van der Waals surface area contributed by atoms with E-state index in [9.17, 15) is 0 Å². The highest BCUT2D eigenvalue weighted by molar-refractivity contribution is 5.76. The molecule has 4 aromatic rings. The maximum Gasteiger partial charge on any atom is 0.226 e. The first-order valence-corrected chi connectivity index (χ1v) is 8.67. The summed E-state index contributed by atoms with van der Waals surface area (Å²) in [5, 5.41) is 8.83. The van der Waals surface area contributed by atoms with Crippen LogP contribution in [0.3, 0.4) is 0 Å². The van der Waals surface area contributed by atoms with Crippen molar-refractivity contribution in [3.63, 3.8) is 0 Å². The highest BCUT2D eigenvalue weighted by atomic mass is 16.5. The van der Waals surface area contributed by atoms with Crippen molar-refractivity contribution in [2.75, 3.05) is 0 Å². The summed E-state index contributed by atoms with van der Waals surface area (Å²) < 4.78 is 9.28. The van der Waals surface area contributed by atoms with E-state index in [-0.39, 0.29) is 0 Å². The molecule has 1 aliphatic rings. The number of rotatable bonds is 2. The van der Waals surface area contributed by atoms with E-state index in [0.717, 1.165) is 28.3 Å². The topological polar surface area (TPSA) is 74.6 Å². The molecule has 1 aromatic carbocycles. The van der Waals surface area contributed by atoms with E-state index >= 15 is 0 Å². The van der Waals surface area contributed by atoms with E-state index in [1.807, 2.05) is 25.0 Å². The van der Waals surface area contributed by atoms with Crippen molar-refractivity contribution in [3.05, 3.63) is 53.4 Å².